The Hall–Kier alpha value is -3.78. The van der Waals surface area contributed by atoms with Crippen molar-refractivity contribution in [2.45, 2.75) is 12.5 Å². The van der Waals surface area contributed by atoms with Gasteiger partial charge < -0.3 is 10.3 Å². The Morgan fingerprint density at radius 1 is 1.23 bits per heavy atom. The van der Waals surface area contributed by atoms with Crippen molar-refractivity contribution in [3.05, 3.63) is 95.3 Å². The van der Waals surface area contributed by atoms with Crippen molar-refractivity contribution in [3.63, 3.8) is 0 Å². The summed E-state index contributed by atoms with van der Waals surface area (Å²) >= 11 is 6.13. The molecule has 2 heterocycles. The highest BCUT2D eigenvalue weighted by atomic mass is 35.5. The van der Waals surface area contributed by atoms with Crippen molar-refractivity contribution in [2.75, 3.05) is 0 Å². The van der Waals surface area contributed by atoms with Crippen molar-refractivity contribution in [3.8, 4) is 5.69 Å². The lowest BCUT2D eigenvalue weighted by Crippen LogP contribution is -2.29. The summed E-state index contributed by atoms with van der Waals surface area (Å²) in [5, 5.41) is 14.8. The summed E-state index contributed by atoms with van der Waals surface area (Å²) in [5.74, 6) is 0.438. The third-order valence-corrected chi connectivity index (χ3v) is 4.68. The minimum Gasteiger partial charge on any atom is -0.347 e. The number of carbonyl (C=O) groups excluding carboxylic acids is 1. The van der Waals surface area contributed by atoms with Crippen LogP contribution in [-0.2, 0) is 11.2 Å². The van der Waals surface area contributed by atoms with Gasteiger partial charge in [0, 0.05) is 29.1 Å². The van der Waals surface area contributed by atoms with Crippen LogP contribution in [0.15, 0.2) is 73.3 Å². The van der Waals surface area contributed by atoms with E-state index in [0.29, 0.717) is 28.5 Å². The first-order chi connectivity index (χ1) is 14.7. The Labute approximate surface area is 177 Å². The minimum atomic E-state index is -0.294. The number of H-pyrrole nitrogens is 1. The highest BCUT2D eigenvalue weighted by molar-refractivity contribution is 6.30. The molecule has 2 aromatic carbocycles. The Bertz CT molecular complexity index is 1130. The average Bonchev–Trinajstić information content (AvgIpc) is 3.47. The number of halogens is 1. The number of nitrogens with one attached hydrogen (secondary N) is 2. The Balaban J connectivity index is 1.53. The number of rotatable bonds is 7. The zero-order chi connectivity index (χ0) is 20.8. The van der Waals surface area contributed by atoms with Gasteiger partial charge in [-0.1, -0.05) is 41.9 Å². The van der Waals surface area contributed by atoms with Gasteiger partial charge in [-0.15, -0.1) is 5.10 Å². The Kier molecular flexibility index (Phi) is 5.95. The molecule has 1 unspecified atom stereocenters. The van der Waals surface area contributed by atoms with Gasteiger partial charge >= 0.3 is 0 Å². The number of amides is 1. The van der Waals surface area contributed by atoms with Gasteiger partial charge in [-0.05, 0) is 46.7 Å². The molecule has 0 aliphatic rings. The van der Waals surface area contributed by atoms with Crippen LogP contribution in [0.3, 0.4) is 0 Å². The zero-order valence-electron chi connectivity index (χ0n) is 15.8. The van der Waals surface area contributed by atoms with Gasteiger partial charge in [0.25, 0.3) is 0 Å². The van der Waals surface area contributed by atoms with Gasteiger partial charge in [0.2, 0.25) is 5.91 Å². The van der Waals surface area contributed by atoms with E-state index in [4.69, 9.17) is 11.6 Å². The van der Waals surface area contributed by atoms with Crippen LogP contribution >= 0.6 is 11.6 Å². The fourth-order valence-corrected chi connectivity index (χ4v) is 3.24. The number of imidazole rings is 1. The number of hydrogen-bond acceptors (Lipinski definition) is 5. The number of aromatic amines is 1. The highest BCUT2D eigenvalue weighted by Gasteiger charge is 2.16. The standard InChI is InChI=1S/C21H18ClN7O/c22-17-7-8-19(29-14-25-27-28-29)16(13-17)6-9-20(30)26-18(21-23-10-11-24-21)12-15-4-2-1-3-5-15/h1-11,13-14,18H,12H2,(H,23,24)(H,26,30)/b9-6+. The minimum absolute atomic E-state index is 0.255. The first-order valence-electron chi connectivity index (χ1n) is 9.24. The number of benzene rings is 2. The van der Waals surface area contributed by atoms with Crippen molar-refractivity contribution < 1.29 is 4.79 Å². The second-order valence-electron chi connectivity index (χ2n) is 6.52. The molecule has 30 heavy (non-hydrogen) atoms. The molecule has 4 aromatic rings. The lowest BCUT2D eigenvalue weighted by atomic mass is 10.1. The van der Waals surface area contributed by atoms with Gasteiger partial charge in [0.1, 0.15) is 12.2 Å². The van der Waals surface area contributed by atoms with E-state index in [1.807, 2.05) is 30.3 Å². The molecule has 0 spiro atoms. The topological polar surface area (TPSA) is 101 Å². The fraction of sp³-hybridized carbons (Fsp3) is 0.0952. The molecule has 2 N–H and O–H groups in total. The number of nitrogens with zero attached hydrogens (tertiary/aromatic N) is 5. The molecule has 150 valence electrons. The third kappa shape index (κ3) is 4.79. The second kappa shape index (κ2) is 9.15. The van der Waals surface area contributed by atoms with Crippen LogP contribution in [0.1, 0.15) is 23.0 Å². The van der Waals surface area contributed by atoms with E-state index in [0.717, 1.165) is 5.56 Å². The summed E-state index contributed by atoms with van der Waals surface area (Å²) in [6, 6.07) is 14.9. The molecule has 0 saturated carbocycles. The SMILES string of the molecule is O=C(/C=C/c1cc(Cl)ccc1-n1cnnn1)NC(Cc1ccccc1)c1ncc[nH]1. The first-order valence-corrected chi connectivity index (χ1v) is 9.61. The van der Waals surface area contributed by atoms with Crippen molar-refractivity contribution >= 4 is 23.6 Å². The van der Waals surface area contributed by atoms with Crippen LogP contribution in [0.4, 0.5) is 0 Å². The molecule has 0 bridgehead atoms. The van der Waals surface area contributed by atoms with Gasteiger partial charge in [0.05, 0.1) is 11.7 Å². The van der Waals surface area contributed by atoms with Crippen LogP contribution < -0.4 is 5.32 Å². The maximum absolute atomic E-state index is 12.7. The van der Waals surface area contributed by atoms with E-state index >= 15 is 0 Å². The second-order valence-corrected chi connectivity index (χ2v) is 6.95. The van der Waals surface area contributed by atoms with E-state index in [-0.39, 0.29) is 11.9 Å². The van der Waals surface area contributed by atoms with Gasteiger partial charge in [0.15, 0.2) is 0 Å². The molecule has 0 saturated heterocycles. The fourth-order valence-electron chi connectivity index (χ4n) is 3.06. The van der Waals surface area contributed by atoms with E-state index in [9.17, 15) is 4.79 Å². The Morgan fingerprint density at radius 3 is 2.83 bits per heavy atom. The van der Waals surface area contributed by atoms with E-state index in [1.165, 1.54) is 17.1 Å². The molecular weight excluding hydrogens is 402 g/mol. The van der Waals surface area contributed by atoms with Gasteiger partial charge in [-0.2, -0.15) is 4.68 Å². The van der Waals surface area contributed by atoms with Crippen molar-refractivity contribution in [1.29, 1.82) is 0 Å². The molecule has 8 nitrogen and oxygen atoms in total. The number of tetrazole rings is 1. The summed E-state index contributed by atoms with van der Waals surface area (Å²) in [6.07, 6.45) is 8.63. The predicted molar refractivity (Wildman–Crippen MR) is 113 cm³/mol. The van der Waals surface area contributed by atoms with E-state index in [1.54, 1.807) is 36.7 Å². The van der Waals surface area contributed by atoms with Crippen LogP contribution in [0, 0.1) is 0 Å². The lowest BCUT2D eigenvalue weighted by molar-refractivity contribution is -0.117. The smallest absolute Gasteiger partial charge is 0.244 e. The summed E-state index contributed by atoms with van der Waals surface area (Å²) in [6.45, 7) is 0. The zero-order valence-corrected chi connectivity index (χ0v) is 16.6. The molecule has 9 heteroatoms. The monoisotopic (exact) mass is 419 g/mol. The molecule has 0 aliphatic carbocycles. The molecule has 1 atom stereocenters. The molecule has 2 aromatic heterocycles. The van der Waals surface area contributed by atoms with Crippen LogP contribution in [0.25, 0.3) is 11.8 Å². The average molecular weight is 420 g/mol. The summed E-state index contributed by atoms with van der Waals surface area (Å²) in [5.41, 5.74) is 2.52. The van der Waals surface area contributed by atoms with Crippen molar-refractivity contribution in [1.82, 2.24) is 35.5 Å². The largest absolute Gasteiger partial charge is 0.347 e. The molecule has 0 aliphatic heterocycles. The molecule has 4 rings (SSSR count). The lowest BCUT2D eigenvalue weighted by Gasteiger charge is -2.16. The summed E-state index contributed by atoms with van der Waals surface area (Å²) in [7, 11) is 0. The van der Waals surface area contributed by atoms with Crippen LogP contribution in [-0.4, -0.2) is 36.1 Å². The molecular formula is C21H18ClN7O. The Morgan fingerprint density at radius 2 is 2.10 bits per heavy atom. The maximum Gasteiger partial charge on any atom is 0.244 e. The number of aromatic nitrogens is 6. The normalized spacial score (nSPS) is 12.2. The third-order valence-electron chi connectivity index (χ3n) is 4.45. The maximum atomic E-state index is 12.7. The summed E-state index contributed by atoms with van der Waals surface area (Å²) in [4.78, 5) is 20.1. The number of hydrogen-bond donors (Lipinski definition) is 2. The van der Waals surface area contributed by atoms with Crippen molar-refractivity contribution in [2.24, 2.45) is 0 Å². The highest BCUT2D eigenvalue weighted by Crippen LogP contribution is 2.20. The van der Waals surface area contributed by atoms with Crippen LogP contribution in [0.2, 0.25) is 5.02 Å². The number of carbonyl (C=O) groups is 1. The summed E-state index contributed by atoms with van der Waals surface area (Å²) < 4.78 is 1.51. The predicted octanol–water partition coefficient (Wildman–Crippen LogP) is 3.15. The molecule has 1 amide bonds. The molecule has 0 radical (unpaired) electrons. The van der Waals surface area contributed by atoms with Crippen LogP contribution in [0.5, 0.6) is 0 Å². The quantitative estimate of drug-likeness (QED) is 0.448. The molecule has 0 fully saturated rings. The van der Waals surface area contributed by atoms with Gasteiger partial charge in [-0.3, -0.25) is 4.79 Å². The van der Waals surface area contributed by atoms with E-state index < -0.39 is 0 Å². The van der Waals surface area contributed by atoms with E-state index in [2.05, 4.69) is 30.8 Å². The van der Waals surface area contributed by atoms with Gasteiger partial charge in [-0.25, -0.2) is 4.98 Å². The first kappa shape index (κ1) is 19.5.